The summed E-state index contributed by atoms with van der Waals surface area (Å²) in [7, 11) is 1.38. The number of hydrogen-bond donors (Lipinski definition) is 1. The zero-order valence-electron chi connectivity index (χ0n) is 22.6. The lowest BCUT2D eigenvalue weighted by Crippen LogP contribution is -2.42. The third kappa shape index (κ3) is 5.06. The van der Waals surface area contributed by atoms with Gasteiger partial charge in [0.15, 0.2) is 0 Å². The quantitative estimate of drug-likeness (QED) is 0.475. The van der Waals surface area contributed by atoms with Crippen molar-refractivity contribution < 1.29 is 28.2 Å². The number of ketones is 1. The third-order valence-corrected chi connectivity index (χ3v) is 9.13. The Morgan fingerprint density at radius 2 is 1.92 bits per heavy atom. The highest BCUT2D eigenvalue weighted by atomic mass is 19.3. The van der Waals surface area contributed by atoms with Gasteiger partial charge in [-0.1, -0.05) is 6.42 Å². The summed E-state index contributed by atoms with van der Waals surface area (Å²) >= 11 is 0. The van der Waals surface area contributed by atoms with Crippen LogP contribution in [0.5, 0.6) is 0 Å². The third-order valence-electron chi connectivity index (χ3n) is 9.13. The molecule has 1 amide bonds. The molecule has 1 aromatic heterocycles. The number of methoxy groups -OCH3 is 1. The minimum absolute atomic E-state index is 0.0128. The van der Waals surface area contributed by atoms with Crippen LogP contribution in [0.15, 0.2) is 12.1 Å². The highest BCUT2D eigenvalue weighted by Gasteiger charge is 2.38. The van der Waals surface area contributed by atoms with E-state index in [9.17, 15) is 23.5 Å². The molecule has 0 saturated heterocycles. The number of benzene rings is 1. The van der Waals surface area contributed by atoms with E-state index in [1.54, 1.807) is 11.8 Å². The highest BCUT2D eigenvalue weighted by molar-refractivity contribution is 5.95. The first kappa shape index (κ1) is 27.0. The van der Waals surface area contributed by atoms with Crippen LogP contribution in [0.3, 0.4) is 0 Å². The number of amides is 1. The molecule has 0 spiro atoms. The molecule has 2 aliphatic carbocycles. The minimum atomic E-state index is -2.61. The number of halogens is 2. The van der Waals surface area contributed by atoms with Crippen LogP contribution in [0.25, 0.3) is 11.0 Å². The Kier molecular flexibility index (Phi) is 7.50. The van der Waals surface area contributed by atoms with E-state index < -0.39 is 18.1 Å². The number of aliphatic hydroxyl groups is 1. The van der Waals surface area contributed by atoms with Crippen molar-refractivity contribution >= 4 is 28.6 Å². The number of hydrogen-bond acceptors (Lipinski definition) is 5. The van der Waals surface area contributed by atoms with Crippen molar-refractivity contribution in [2.24, 2.45) is 11.8 Å². The van der Waals surface area contributed by atoms with Gasteiger partial charge in [-0.05, 0) is 83.3 Å². The Morgan fingerprint density at radius 3 is 2.61 bits per heavy atom. The summed E-state index contributed by atoms with van der Waals surface area (Å²) in [4.78, 5) is 31.6. The predicted molar refractivity (Wildman–Crippen MR) is 141 cm³/mol. The standard InChI is InChI=1S/C29H39F2N3O4/c1-17-7-8-22-23(33(17)28(37)38-3)9-10-24-26(22)32-27(25(36)15-19-11-13-29(30,31)14-12-19)34(24)21-6-4-5-20(16-21)18(2)35/h9-10,17,19-21,25,36H,4-8,11-16H2,1-3H3/t17-,20+,21+,25-/m0/s1. The summed E-state index contributed by atoms with van der Waals surface area (Å²) in [5.74, 6) is -1.89. The number of nitrogens with zero attached hydrogens (tertiary/aromatic N) is 3. The van der Waals surface area contributed by atoms with Crippen molar-refractivity contribution in [2.75, 3.05) is 12.0 Å². The molecule has 1 aliphatic heterocycles. The van der Waals surface area contributed by atoms with Gasteiger partial charge in [0.1, 0.15) is 17.7 Å². The molecule has 1 N–H and O–H groups in total. The van der Waals surface area contributed by atoms with Gasteiger partial charge in [-0.15, -0.1) is 0 Å². The Labute approximate surface area is 222 Å². The fourth-order valence-corrected chi connectivity index (χ4v) is 6.94. The van der Waals surface area contributed by atoms with Crippen LogP contribution in [0.1, 0.15) is 102 Å². The number of fused-ring (bicyclic) bond motifs is 3. The molecule has 0 unspecified atom stereocenters. The molecule has 9 heteroatoms. The molecule has 2 fully saturated rings. The molecule has 0 radical (unpaired) electrons. The zero-order chi connectivity index (χ0) is 27.2. The van der Waals surface area contributed by atoms with Crippen LogP contribution >= 0.6 is 0 Å². The molecule has 1 aromatic carbocycles. The van der Waals surface area contributed by atoms with Crippen molar-refractivity contribution in [1.82, 2.24) is 9.55 Å². The van der Waals surface area contributed by atoms with E-state index >= 15 is 0 Å². The summed E-state index contributed by atoms with van der Waals surface area (Å²) in [6.45, 7) is 3.64. The molecule has 7 nitrogen and oxygen atoms in total. The smallest absolute Gasteiger partial charge is 0.414 e. The van der Waals surface area contributed by atoms with Crippen LogP contribution in [0.4, 0.5) is 19.3 Å². The van der Waals surface area contributed by atoms with E-state index in [1.165, 1.54) is 7.11 Å². The largest absolute Gasteiger partial charge is 0.452 e. The van der Waals surface area contributed by atoms with Gasteiger partial charge in [-0.25, -0.2) is 18.6 Å². The molecule has 3 aliphatic rings. The molecule has 208 valence electrons. The van der Waals surface area contributed by atoms with Crippen molar-refractivity contribution in [3.63, 3.8) is 0 Å². The number of Topliss-reactive ketones (excluding diaryl/α,β-unsaturated/α-hetero) is 1. The lowest BCUT2D eigenvalue weighted by Gasteiger charge is -2.34. The fraction of sp³-hybridized carbons (Fsp3) is 0.690. The Hall–Kier alpha value is -2.55. The second-order valence-corrected chi connectivity index (χ2v) is 11.7. The number of ether oxygens (including phenoxy) is 1. The maximum atomic E-state index is 13.7. The van der Waals surface area contributed by atoms with Gasteiger partial charge in [0.2, 0.25) is 5.92 Å². The number of carbonyl (C=O) groups excluding carboxylic acids is 2. The number of alkyl halides is 2. The molecule has 38 heavy (non-hydrogen) atoms. The van der Waals surface area contributed by atoms with Crippen molar-refractivity contribution in [3.05, 3.63) is 23.5 Å². The molecular formula is C29H39F2N3O4. The molecule has 2 saturated carbocycles. The van der Waals surface area contributed by atoms with Crippen LogP contribution in [-0.4, -0.2) is 45.6 Å². The van der Waals surface area contributed by atoms with Gasteiger partial charge in [-0.3, -0.25) is 9.69 Å². The van der Waals surface area contributed by atoms with Crippen molar-refractivity contribution in [2.45, 2.75) is 109 Å². The number of carbonyl (C=O) groups is 2. The van der Waals surface area contributed by atoms with Gasteiger partial charge in [-0.2, -0.15) is 0 Å². The number of anilines is 1. The van der Waals surface area contributed by atoms with Gasteiger partial charge >= 0.3 is 6.09 Å². The van der Waals surface area contributed by atoms with E-state index in [1.807, 2.05) is 19.1 Å². The summed E-state index contributed by atoms with van der Waals surface area (Å²) in [6.07, 6.45) is 4.44. The molecule has 4 atom stereocenters. The first-order valence-corrected chi connectivity index (χ1v) is 14.1. The van der Waals surface area contributed by atoms with Crippen molar-refractivity contribution in [1.29, 1.82) is 0 Å². The normalized spacial score (nSPS) is 26.7. The number of rotatable bonds is 5. The molecular weight excluding hydrogens is 492 g/mol. The first-order valence-electron chi connectivity index (χ1n) is 14.1. The van der Waals surface area contributed by atoms with Gasteiger partial charge in [0.25, 0.3) is 0 Å². The first-order chi connectivity index (χ1) is 18.1. The van der Waals surface area contributed by atoms with Gasteiger partial charge < -0.3 is 14.4 Å². The summed E-state index contributed by atoms with van der Waals surface area (Å²) in [5.41, 5.74) is 3.38. The molecule has 2 aromatic rings. The SMILES string of the molecule is COC(=O)N1c2ccc3c(nc([C@@H](O)CC4CCC(F)(F)CC4)n3[C@@H]3CCC[C@@H](C(C)=O)C3)c2CC[C@@H]1C. The van der Waals surface area contributed by atoms with Crippen LogP contribution in [0, 0.1) is 11.8 Å². The highest BCUT2D eigenvalue weighted by Crippen LogP contribution is 2.44. The number of aryl methyl sites for hydroxylation is 1. The lowest BCUT2D eigenvalue weighted by molar-refractivity contribution is -0.122. The second kappa shape index (κ2) is 10.5. The average molecular weight is 532 g/mol. The zero-order valence-corrected chi connectivity index (χ0v) is 22.6. The number of imidazole rings is 1. The van der Waals surface area contributed by atoms with E-state index in [-0.39, 0.29) is 42.5 Å². The lowest BCUT2D eigenvalue weighted by atomic mass is 9.82. The Bertz CT molecular complexity index is 1200. The maximum absolute atomic E-state index is 13.7. The van der Waals surface area contributed by atoms with E-state index in [4.69, 9.17) is 9.72 Å². The fourth-order valence-electron chi connectivity index (χ4n) is 6.94. The van der Waals surface area contributed by atoms with Crippen LogP contribution < -0.4 is 4.90 Å². The molecule has 5 rings (SSSR count). The second-order valence-electron chi connectivity index (χ2n) is 11.7. The average Bonchev–Trinajstić information content (AvgIpc) is 3.29. The minimum Gasteiger partial charge on any atom is -0.452 e. The summed E-state index contributed by atoms with van der Waals surface area (Å²) < 4.78 is 34.7. The molecule has 0 bridgehead atoms. The van der Waals surface area contributed by atoms with E-state index in [0.717, 1.165) is 54.4 Å². The molecule has 2 heterocycles. The van der Waals surface area contributed by atoms with Crippen molar-refractivity contribution in [3.8, 4) is 0 Å². The number of aliphatic hydroxyl groups excluding tert-OH is 1. The van der Waals surface area contributed by atoms with Gasteiger partial charge in [0, 0.05) is 36.4 Å². The topological polar surface area (TPSA) is 84.7 Å². The number of aromatic nitrogens is 2. The summed E-state index contributed by atoms with van der Waals surface area (Å²) in [5, 5.41) is 11.5. The monoisotopic (exact) mass is 531 g/mol. The van der Waals surface area contributed by atoms with Crippen LogP contribution in [0.2, 0.25) is 0 Å². The Morgan fingerprint density at radius 1 is 1.18 bits per heavy atom. The van der Waals surface area contributed by atoms with Gasteiger partial charge in [0.05, 0.1) is 23.8 Å². The maximum Gasteiger partial charge on any atom is 0.414 e. The Balaban J connectivity index is 1.56. The van der Waals surface area contributed by atoms with E-state index in [0.29, 0.717) is 31.5 Å². The van der Waals surface area contributed by atoms with Crippen LogP contribution in [-0.2, 0) is 16.0 Å². The predicted octanol–water partition coefficient (Wildman–Crippen LogP) is 6.51. The van der Waals surface area contributed by atoms with E-state index in [2.05, 4.69) is 4.57 Å². The summed E-state index contributed by atoms with van der Waals surface area (Å²) in [6, 6.07) is 3.90.